The molecule has 0 aliphatic carbocycles. The van der Waals surface area contributed by atoms with Crippen LogP contribution in [-0.4, -0.2) is 44.2 Å². The second-order valence-corrected chi connectivity index (χ2v) is 5.79. The molecule has 0 amide bonds. The van der Waals surface area contributed by atoms with E-state index in [0.717, 1.165) is 45.1 Å². The highest BCUT2D eigenvalue weighted by atomic mass is 16.5. The van der Waals surface area contributed by atoms with E-state index in [2.05, 4.69) is 24.1 Å². The van der Waals surface area contributed by atoms with Crippen LogP contribution >= 0.6 is 0 Å². The first-order valence-electron chi connectivity index (χ1n) is 6.77. The second kappa shape index (κ2) is 6.21. The van der Waals surface area contributed by atoms with Gasteiger partial charge in [-0.25, -0.2) is 0 Å². The summed E-state index contributed by atoms with van der Waals surface area (Å²) in [4.78, 5) is 2.52. The van der Waals surface area contributed by atoms with Crippen LogP contribution in [0.3, 0.4) is 0 Å². The van der Waals surface area contributed by atoms with Gasteiger partial charge in [0, 0.05) is 38.1 Å². The minimum atomic E-state index is 0.188. The van der Waals surface area contributed by atoms with E-state index in [1.54, 1.807) is 0 Å². The molecule has 0 atom stereocenters. The molecule has 3 heteroatoms. The van der Waals surface area contributed by atoms with Gasteiger partial charge in [0.1, 0.15) is 5.75 Å². The quantitative estimate of drug-likeness (QED) is 0.862. The smallest absolute Gasteiger partial charge is 0.119 e. The van der Waals surface area contributed by atoms with Crippen LogP contribution in [0, 0.1) is 5.41 Å². The second-order valence-electron chi connectivity index (χ2n) is 5.79. The summed E-state index contributed by atoms with van der Waals surface area (Å²) in [5.41, 5.74) is 0.188. The number of nitrogens with one attached hydrogen (secondary N) is 1. The minimum absolute atomic E-state index is 0.188. The van der Waals surface area contributed by atoms with Crippen LogP contribution in [-0.2, 0) is 0 Å². The van der Waals surface area contributed by atoms with Crippen LogP contribution in [0.15, 0.2) is 30.3 Å². The maximum atomic E-state index is 5.87. The van der Waals surface area contributed by atoms with Crippen LogP contribution in [0.5, 0.6) is 5.75 Å². The Kier molecular flexibility index (Phi) is 4.61. The Bertz CT molecular complexity index is 345. The molecule has 18 heavy (non-hydrogen) atoms. The van der Waals surface area contributed by atoms with Crippen LogP contribution in [0.25, 0.3) is 0 Å². The van der Waals surface area contributed by atoms with Gasteiger partial charge in [-0.2, -0.15) is 0 Å². The van der Waals surface area contributed by atoms with Crippen molar-refractivity contribution in [1.82, 2.24) is 10.2 Å². The van der Waals surface area contributed by atoms with Crippen molar-refractivity contribution in [1.29, 1.82) is 0 Å². The van der Waals surface area contributed by atoms with E-state index >= 15 is 0 Å². The van der Waals surface area contributed by atoms with Gasteiger partial charge in [0.15, 0.2) is 0 Å². The van der Waals surface area contributed by atoms with Crippen molar-refractivity contribution in [3.63, 3.8) is 0 Å². The third kappa shape index (κ3) is 4.31. The van der Waals surface area contributed by atoms with Crippen molar-refractivity contribution in [2.24, 2.45) is 5.41 Å². The molecule has 0 saturated carbocycles. The fourth-order valence-corrected chi connectivity index (χ4v) is 2.32. The lowest BCUT2D eigenvalue weighted by molar-refractivity contribution is 0.107. The van der Waals surface area contributed by atoms with Gasteiger partial charge < -0.3 is 15.0 Å². The van der Waals surface area contributed by atoms with Gasteiger partial charge in [0.25, 0.3) is 0 Å². The Morgan fingerprint density at radius 1 is 1.17 bits per heavy atom. The maximum absolute atomic E-state index is 5.87. The number of hydrogen-bond donors (Lipinski definition) is 1. The fraction of sp³-hybridized carbons (Fsp3) is 0.600. The number of piperazine rings is 1. The minimum Gasteiger partial charge on any atom is -0.493 e. The third-order valence-corrected chi connectivity index (χ3v) is 3.23. The van der Waals surface area contributed by atoms with E-state index in [1.165, 1.54) is 0 Å². The van der Waals surface area contributed by atoms with Crippen LogP contribution < -0.4 is 10.1 Å². The standard InChI is InChI=1S/C15H24N2O/c1-15(2,12-17-10-8-16-9-11-17)13-18-14-6-4-3-5-7-14/h3-7,16H,8-13H2,1-2H3. The molecule has 1 fully saturated rings. The third-order valence-electron chi connectivity index (χ3n) is 3.23. The molecule has 0 bridgehead atoms. The Morgan fingerprint density at radius 2 is 1.83 bits per heavy atom. The van der Waals surface area contributed by atoms with Crippen LogP contribution in [0.1, 0.15) is 13.8 Å². The van der Waals surface area contributed by atoms with Gasteiger partial charge in [-0.05, 0) is 12.1 Å². The molecule has 1 N–H and O–H groups in total. The zero-order valence-corrected chi connectivity index (χ0v) is 11.5. The van der Waals surface area contributed by atoms with E-state index in [4.69, 9.17) is 4.74 Å². The molecular weight excluding hydrogens is 224 g/mol. The normalized spacial score (nSPS) is 17.7. The van der Waals surface area contributed by atoms with Crippen LogP contribution in [0.2, 0.25) is 0 Å². The van der Waals surface area contributed by atoms with E-state index in [9.17, 15) is 0 Å². The summed E-state index contributed by atoms with van der Waals surface area (Å²) in [6, 6.07) is 10.1. The molecule has 0 spiro atoms. The van der Waals surface area contributed by atoms with Crippen molar-refractivity contribution < 1.29 is 4.74 Å². The lowest BCUT2D eigenvalue weighted by atomic mass is 9.93. The predicted molar refractivity (Wildman–Crippen MR) is 75.0 cm³/mol. The van der Waals surface area contributed by atoms with E-state index in [0.29, 0.717) is 0 Å². The molecule has 1 aromatic carbocycles. The molecule has 0 radical (unpaired) electrons. The monoisotopic (exact) mass is 248 g/mol. The molecule has 3 nitrogen and oxygen atoms in total. The molecule has 1 aliphatic heterocycles. The molecule has 0 unspecified atom stereocenters. The van der Waals surface area contributed by atoms with Crippen molar-refractivity contribution in [2.45, 2.75) is 13.8 Å². The molecule has 1 heterocycles. The highest BCUT2D eigenvalue weighted by Gasteiger charge is 2.23. The Morgan fingerprint density at radius 3 is 2.50 bits per heavy atom. The summed E-state index contributed by atoms with van der Waals surface area (Å²) in [5.74, 6) is 0.964. The van der Waals surface area contributed by atoms with Crippen molar-refractivity contribution in [3.8, 4) is 5.75 Å². The zero-order chi connectivity index (χ0) is 12.8. The fourth-order valence-electron chi connectivity index (χ4n) is 2.32. The zero-order valence-electron chi connectivity index (χ0n) is 11.5. The number of rotatable bonds is 5. The average molecular weight is 248 g/mol. The average Bonchev–Trinajstić information content (AvgIpc) is 2.38. The molecule has 1 aliphatic rings. The molecule has 100 valence electrons. The maximum Gasteiger partial charge on any atom is 0.119 e. The van der Waals surface area contributed by atoms with E-state index in [1.807, 2.05) is 30.3 Å². The summed E-state index contributed by atoms with van der Waals surface area (Å²) >= 11 is 0. The lowest BCUT2D eigenvalue weighted by Crippen LogP contribution is -2.48. The Balaban J connectivity index is 1.79. The number of benzene rings is 1. The number of nitrogens with zero attached hydrogens (tertiary/aromatic N) is 1. The van der Waals surface area contributed by atoms with Crippen LogP contribution in [0.4, 0.5) is 0 Å². The summed E-state index contributed by atoms with van der Waals surface area (Å²) < 4.78 is 5.87. The highest BCUT2D eigenvalue weighted by molar-refractivity contribution is 5.20. The molecule has 2 rings (SSSR count). The predicted octanol–water partition coefficient (Wildman–Crippen LogP) is 2.00. The Hall–Kier alpha value is -1.06. The summed E-state index contributed by atoms with van der Waals surface area (Å²) in [6.45, 7) is 10.9. The molecule has 1 saturated heterocycles. The first-order valence-corrected chi connectivity index (χ1v) is 6.77. The van der Waals surface area contributed by atoms with Crippen molar-refractivity contribution in [3.05, 3.63) is 30.3 Å². The van der Waals surface area contributed by atoms with Gasteiger partial charge in [-0.15, -0.1) is 0 Å². The Labute approximate surface area is 110 Å². The van der Waals surface area contributed by atoms with Gasteiger partial charge in [-0.1, -0.05) is 32.0 Å². The van der Waals surface area contributed by atoms with E-state index in [-0.39, 0.29) is 5.41 Å². The van der Waals surface area contributed by atoms with Gasteiger partial charge in [0.05, 0.1) is 6.61 Å². The van der Waals surface area contributed by atoms with E-state index < -0.39 is 0 Å². The molecule has 0 aromatic heterocycles. The number of para-hydroxylation sites is 1. The highest BCUT2D eigenvalue weighted by Crippen LogP contribution is 2.20. The first-order chi connectivity index (χ1) is 8.66. The number of hydrogen-bond acceptors (Lipinski definition) is 3. The summed E-state index contributed by atoms with van der Waals surface area (Å²) in [5, 5.41) is 3.39. The van der Waals surface area contributed by atoms with Crippen molar-refractivity contribution in [2.75, 3.05) is 39.3 Å². The van der Waals surface area contributed by atoms with Gasteiger partial charge >= 0.3 is 0 Å². The largest absolute Gasteiger partial charge is 0.493 e. The first kappa shape index (κ1) is 13.4. The van der Waals surface area contributed by atoms with Crippen molar-refractivity contribution >= 4 is 0 Å². The molecule has 1 aromatic rings. The summed E-state index contributed by atoms with van der Waals surface area (Å²) in [6.07, 6.45) is 0. The molecular formula is C15H24N2O. The lowest BCUT2D eigenvalue weighted by Gasteiger charge is -2.35. The number of ether oxygens (including phenoxy) is 1. The van der Waals surface area contributed by atoms with Gasteiger partial charge in [-0.3, -0.25) is 0 Å². The SMILES string of the molecule is CC(C)(COc1ccccc1)CN1CCNCC1. The van der Waals surface area contributed by atoms with Gasteiger partial charge in [0.2, 0.25) is 0 Å². The summed E-state index contributed by atoms with van der Waals surface area (Å²) in [7, 11) is 0. The topological polar surface area (TPSA) is 24.5 Å².